The highest BCUT2D eigenvalue weighted by Gasteiger charge is 2.16. The van der Waals surface area contributed by atoms with Gasteiger partial charge in [-0.1, -0.05) is 0 Å². The van der Waals surface area contributed by atoms with E-state index in [0.29, 0.717) is 6.04 Å². The Hall–Kier alpha value is -1.20. The van der Waals surface area contributed by atoms with Crippen molar-refractivity contribution in [2.75, 3.05) is 6.54 Å². The number of nitrogens with zero attached hydrogens (tertiary/aromatic N) is 3. The molecule has 4 nitrogen and oxygen atoms in total. The average Bonchev–Trinajstić information content (AvgIpc) is 3.00. The zero-order valence-corrected chi connectivity index (χ0v) is 10.7. The van der Waals surface area contributed by atoms with E-state index >= 15 is 0 Å². The predicted molar refractivity (Wildman–Crippen MR) is 69.0 cm³/mol. The highest BCUT2D eigenvalue weighted by Crippen LogP contribution is 2.23. The topological polar surface area (TPSA) is 42.7 Å². The molecule has 2 aromatic rings. The van der Waals surface area contributed by atoms with Gasteiger partial charge in [0, 0.05) is 31.1 Å². The molecule has 0 spiro atoms. The van der Waals surface area contributed by atoms with Crippen molar-refractivity contribution in [2.45, 2.75) is 25.3 Å². The van der Waals surface area contributed by atoms with E-state index in [-0.39, 0.29) is 0 Å². The number of rotatable bonds is 3. The van der Waals surface area contributed by atoms with Crippen molar-refractivity contribution in [2.24, 2.45) is 7.05 Å². The minimum absolute atomic E-state index is 0.625. The van der Waals surface area contributed by atoms with E-state index < -0.39 is 0 Å². The highest BCUT2D eigenvalue weighted by molar-refractivity contribution is 7.09. The molecule has 1 aliphatic rings. The van der Waals surface area contributed by atoms with Crippen LogP contribution in [0, 0.1) is 0 Å². The van der Waals surface area contributed by atoms with Gasteiger partial charge in [0.1, 0.15) is 0 Å². The van der Waals surface area contributed by atoms with Gasteiger partial charge >= 0.3 is 0 Å². The second kappa shape index (κ2) is 4.58. The quantitative estimate of drug-likeness (QED) is 0.901. The molecule has 90 valence electrons. The molecule has 0 aliphatic carbocycles. The summed E-state index contributed by atoms with van der Waals surface area (Å²) in [5, 5.41) is 11.0. The first-order valence-corrected chi connectivity index (χ1v) is 6.87. The fourth-order valence-corrected chi connectivity index (χ4v) is 3.16. The number of thiazole rings is 1. The predicted octanol–water partition coefficient (Wildman–Crippen LogP) is 1.84. The van der Waals surface area contributed by atoms with Crippen LogP contribution in [0.5, 0.6) is 0 Å². The molecule has 2 aromatic heterocycles. The molecule has 1 saturated heterocycles. The molecule has 0 saturated carbocycles. The van der Waals surface area contributed by atoms with E-state index in [2.05, 4.69) is 15.8 Å². The standard InChI is InChI=1S/C12H16N4S/c1-16-11(4-6-14-16)10-8-17-12(15-10)7-9-3-2-5-13-9/h4,6,8-9,13H,2-3,5,7H2,1H3. The first kappa shape index (κ1) is 10.9. The third-order valence-electron chi connectivity index (χ3n) is 3.22. The molecular formula is C12H16N4S. The Kier molecular flexibility index (Phi) is 2.94. The summed E-state index contributed by atoms with van der Waals surface area (Å²) in [4.78, 5) is 4.69. The summed E-state index contributed by atoms with van der Waals surface area (Å²) in [7, 11) is 1.95. The molecule has 3 heterocycles. The summed E-state index contributed by atoms with van der Waals surface area (Å²) in [6.07, 6.45) is 5.45. The van der Waals surface area contributed by atoms with Gasteiger partial charge in [0.15, 0.2) is 0 Å². The van der Waals surface area contributed by atoms with Gasteiger partial charge in [-0.15, -0.1) is 11.3 Å². The van der Waals surface area contributed by atoms with Crippen molar-refractivity contribution >= 4 is 11.3 Å². The van der Waals surface area contributed by atoms with Crippen molar-refractivity contribution in [3.05, 3.63) is 22.7 Å². The Bertz CT molecular complexity index is 496. The maximum Gasteiger partial charge on any atom is 0.0995 e. The van der Waals surface area contributed by atoms with Crippen molar-refractivity contribution in [1.82, 2.24) is 20.1 Å². The van der Waals surface area contributed by atoms with Gasteiger partial charge in [0.05, 0.1) is 16.4 Å². The molecule has 1 fully saturated rings. The van der Waals surface area contributed by atoms with Gasteiger partial charge in [-0.25, -0.2) is 4.98 Å². The number of aryl methyl sites for hydroxylation is 1. The average molecular weight is 248 g/mol. The summed E-state index contributed by atoms with van der Waals surface area (Å²) < 4.78 is 1.87. The van der Waals surface area contributed by atoms with Crippen LogP contribution < -0.4 is 5.32 Å². The Labute approximate surface area is 105 Å². The highest BCUT2D eigenvalue weighted by atomic mass is 32.1. The molecule has 0 aromatic carbocycles. The lowest BCUT2D eigenvalue weighted by molar-refractivity contribution is 0.601. The minimum atomic E-state index is 0.625. The minimum Gasteiger partial charge on any atom is -0.314 e. The largest absolute Gasteiger partial charge is 0.314 e. The molecule has 1 atom stereocenters. The van der Waals surface area contributed by atoms with Crippen LogP contribution in [0.15, 0.2) is 17.6 Å². The molecule has 1 aliphatic heterocycles. The molecule has 0 radical (unpaired) electrons. The van der Waals surface area contributed by atoms with E-state index in [4.69, 9.17) is 4.98 Å². The van der Waals surface area contributed by atoms with Gasteiger partial charge in [0.2, 0.25) is 0 Å². The Morgan fingerprint density at radius 2 is 2.53 bits per heavy atom. The molecule has 1 N–H and O–H groups in total. The molecule has 17 heavy (non-hydrogen) atoms. The molecule has 0 amide bonds. The lowest BCUT2D eigenvalue weighted by Gasteiger charge is -2.06. The van der Waals surface area contributed by atoms with Gasteiger partial charge in [0.25, 0.3) is 0 Å². The van der Waals surface area contributed by atoms with Crippen LogP contribution in [0.4, 0.5) is 0 Å². The second-order valence-electron chi connectivity index (χ2n) is 4.46. The Morgan fingerprint density at radius 3 is 3.24 bits per heavy atom. The fraction of sp³-hybridized carbons (Fsp3) is 0.500. The van der Waals surface area contributed by atoms with Crippen LogP contribution in [0.3, 0.4) is 0 Å². The summed E-state index contributed by atoms with van der Waals surface area (Å²) in [5.41, 5.74) is 2.13. The summed E-state index contributed by atoms with van der Waals surface area (Å²) in [5.74, 6) is 0. The number of hydrogen-bond donors (Lipinski definition) is 1. The van der Waals surface area contributed by atoms with Gasteiger partial charge in [-0.2, -0.15) is 5.10 Å². The lowest BCUT2D eigenvalue weighted by Crippen LogP contribution is -2.23. The number of aromatic nitrogens is 3. The SMILES string of the molecule is Cn1nccc1-c1csc(CC2CCCN2)n1. The normalized spacial score (nSPS) is 19.9. The van der Waals surface area contributed by atoms with Crippen LogP contribution in [-0.4, -0.2) is 27.4 Å². The van der Waals surface area contributed by atoms with Crippen LogP contribution in [0.1, 0.15) is 17.8 Å². The van der Waals surface area contributed by atoms with E-state index in [1.807, 2.05) is 24.0 Å². The van der Waals surface area contributed by atoms with Crippen molar-refractivity contribution in [3.63, 3.8) is 0 Å². The summed E-state index contributed by atoms with van der Waals surface area (Å²) in [6, 6.07) is 2.63. The molecular weight excluding hydrogens is 232 g/mol. The third kappa shape index (κ3) is 2.25. The zero-order valence-electron chi connectivity index (χ0n) is 9.89. The summed E-state index contributed by atoms with van der Waals surface area (Å²) >= 11 is 1.75. The first-order chi connectivity index (χ1) is 8.33. The molecule has 1 unspecified atom stereocenters. The van der Waals surface area contributed by atoms with Crippen LogP contribution in [0.2, 0.25) is 0 Å². The third-order valence-corrected chi connectivity index (χ3v) is 4.09. The summed E-state index contributed by atoms with van der Waals surface area (Å²) in [6.45, 7) is 1.16. The zero-order chi connectivity index (χ0) is 11.7. The number of hydrogen-bond acceptors (Lipinski definition) is 4. The van der Waals surface area contributed by atoms with Crippen molar-refractivity contribution in [1.29, 1.82) is 0 Å². The lowest BCUT2D eigenvalue weighted by atomic mass is 10.2. The Morgan fingerprint density at radius 1 is 1.59 bits per heavy atom. The molecule has 0 bridgehead atoms. The maximum atomic E-state index is 4.69. The van der Waals surface area contributed by atoms with Crippen LogP contribution in [-0.2, 0) is 13.5 Å². The van der Waals surface area contributed by atoms with Crippen LogP contribution >= 0.6 is 11.3 Å². The van der Waals surface area contributed by atoms with Gasteiger partial charge in [-0.05, 0) is 25.5 Å². The van der Waals surface area contributed by atoms with Crippen LogP contribution in [0.25, 0.3) is 11.4 Å². The molecule has 5 heteroatoms. The molecule has 3 rings (SSSR count). The van der Waals surface area contributed by atoms with E-state index in [1.165, 1.54) is 17.8 Å². The van der Waals surface area contributed by atoms with Crippen molar-refractivity contribution < 1.29 is 0 Å². The van der Waals surface area contributed by atoms with E-state index in [1.54, 1.807) is 11.3 Å². The monoisotopic (exact) mass is 248 g/mol. The fourth-order valence-electron chi connectivity index (χ4n) is 2.29. The van der Waals surface area contributed by atoms with Gasteiger partial charge < -0.3 is 5.32 Å². The number of nitrogens with one attached hydrogen (secondary N) is 1. The Balaban J connectivity index is 1.76. The van der Waals surface area contributed by atoms with E-state index in [0.717, 1.165) is 24.4 Å². The van der Waals surface area contributed by atoms with Crippen molar-refractivity contribution in [3.8, 4) is 11.4 Å². The van der Waals surface area contributed by atoms with E-state index in [9.17, 15) is 0 Å². The smallest absolute Gasteiger partial charge is 0.0995 e. The maximum absolute atomic E-state index is 4.69. The first-order valence-electron chi connectivity index (χ1n) is 5.99. The second-order valence-corrected chi connectivity index (χ2v) is 5.41. The van der Waals surface area contributed by atoms with Gasteiger partial charge in [-0.3, -0.25) is 4.68 Å².